The maximum Gasteiger partial charge on any atom is 0.243 e. The molecule has 0 radical (unpaired) electrons. The Morgan fingerprint density at radius 3 is 1.46 bits per heavy atom. The molecule has 7 nitrogen and oxygen atoms in total. The zero-order chi connectivity index (χ0) is 59.8. The zero-order valence-corrected chi connectivity index (χ0v) is 53.8. The third-order valence-corrected chi connectivity index (χ3v) is 17.5. The summed E-state index contributed by atoms with van der Waals surface area (Å²) >= 11 is 0. The van der Waals surface area contributed by atoms with Crippen LogP contribution in [0.4, 0.5) is 0 Å². The van der Waals surface area contributed by atoms with E-state index in [1.54, 1.807) is 0 Å². The third kappa shape index (κ3) is 9.72. The van der Waals surface area contributed by atoms with E-state index in [0.717, 1.165) is 94.8 Å². The molecule has 4 heterocycles. The largest absolute Gasteiger partial charge is 0.507 e. The average Bonchev–Trinajstić information content (AvgIpc) is 1.70. The molecular formula is C78H70BN4O3Pt-. The van der Waals surface area contributed by atoms with Crippen LogP contribution >= 0.6 is 0 Å². The van der Waals surface area contributed by atoms with Gasteiger partial charge in [0, 0.05) is 43.4 Å². The normalized spacial score (nSPS) is 12.9. The SMILES string of the molecule is CC(C)(C)c1ccc(-n2c(-c3[c-]c(-c4cccc5c4nc(-c4cc(C(C)(C)C)cc(C(C)(C)C)c4O)n5-c4ccc(C(C)(C)C)cc4-c4ccccc4)c4c5c3Oc3ccccc3B5c3ccccc3O4)nc3ccccc32)c(-c2ccccc2)c1.[Pt]. The molecule has 1 N–H and O–H groups in total. The monoisotopic (exact) mass is 1320 g/mol. The van der Waals surface area contributed by atoms with Gasteiger partial charge in [-0.05, 0) is 127 Å². The topological polar surface area (TPSA) is 74.3 Å². The van der Waals surface area contributed by atoms with Crippen molar-refractivity contribution in [1.82, 2.24) is 19.1 Å². The second-order valence-electron chi connectivity index (χ2n) is 27.5. The van der Waals surface area contributed by atoms with Gasteiger partial charge in [0.1, 0.15) is 23.1 Å². The van der Waals surface area contributed by atoms with Crippen molar-refractivity contribution in [2.45, 2.75) is 105 Å². The molecule has 0 fully saturated rings. The number of nitrogens with zero attached hydrogens (tertiary/aromatic N) is 4. The number of fused-ring (bicyclic) bond motifs is 6. The van der Waals surface area contributed by atoms with E-state index in [0.29, 0.717) is 45.4 Å². The van der Waals surface area contributed by atoms with E-state index in [9.17, 15) is 5.11 Å². The number of hydrogen-bond acceptors (Lipinski definition) is 5. The second kappa shape index (κ2) is 21.0. The molecule has 0 atom stereocenters. The first-order valence-corrected chi connectivity index (χ1v) is 30.1. The smallest absolute Gasteiger partial charge is 0.243 e. The molecule has 0 saturated carbocycles. The van der Waals surface area contributed by atoms with Gasteiger partial charge < -0.3 is 19.1 Å². The number of para-hydroxylation sites is 5. The molecule has 0 bridgehead atoms. The first-order valence-electron chi connectivity index (χ1n) is 30.1. The van der Waals surface area contributed by atoms with E-state index in [-0.39, 0.29) is 49.8 Å². The molecule has 0 amide bonds. The molecule has 2 aliphatic rings. The van der Waals surface area contributed by atoms with Crippen LogP contribution < -0.4 is 25.9 Å². The van der Waals surface area contributed by atoms with Gasteiger partial charge in [-0.25, -0.2) is 4.98 Å². The van der Waals surface area contributed by atoms with Crippen LogP contribution in [0.2, 0.25) is 0 Å². The fourth-order valence-corrected chi connectivity index (χ4v) is 12.8. The summed E-state index contributed by atoms with van der Waals surface area (Å²) in [5, 5.41) is 13.0. The summed E-state index contributed by atoms with van der Waals surface area (Å²) in [6.07, 6.45) is 0. The summed E-state index contributed by atoms with van der Waals surface area (Å²) in [5.74, 6) is 4.29. The van der Waals surface area contributed by atoms with Crippen molar-refractivity contribution in [2.75, 3.05) is 0 Å². The standard InChI is InChI=1S/C78H70BN4O3.Pt/c1-75(2,3)49-38-40-62(53(42-49)47-26-15-13-16-27-47)82-64-34-22-21-33-61(64)80-74(82)57-46-55(71-68-72(57)86-67-37-24-20-32-60(67)79(68)59-31-19-23-36-66(59)85-71)52-30-25-35-65-69(52)81-73(56-44-51(77(7,8)9)45-58(70(56)84)78(10,11)12)83(65)63-41-39-50(76(4,5)6)43-54(63)48-28-17-14-18-29-48;/h13-45,84H,1-12H3;/q-1;. The van der Waals surface area contributed by atoms with Crippen molar-refractivity contribution in [1.29, 1.82) is 0 Å². The van der Waals surface area contributed by atoms with Gasteiger partial charge in [0.2, 0.25) is 6.71 Å². The number of phenolic OH excluding ortho intramolecular Hbond substituents is 1. The minimum Gasteiger partial charge on any atom is -0.507 e. The Hall–Kier alpha value is -8.71. The molecule has 0 aliphatic carbocycles. The number of rotatable bonds is 7. The fraction of sp³-hybridized carbons (Fsp3) is 0.205. The summed E-state index contributed by atoms with van der Waals surface area (Å²) in [6, 6.07) is 75.0. The Morgan fingerprint density at radius 2 is 0.908 bits per heavy atom. The van der Waals surface area contributed by atoms with Crippen molar-refractivity contribution in [2.24, 2.45) is 0 Å². The van der Waals surface area contributed by atoms with E-state index >= 15 is 0 Å². The predicted molar refractivity (Wildman–Crippen MR) is 356 cm³/mol. The summed E-state index contributed by atoms with van der Waals surface area (Å²) in [7, 11) is 0. The average molecular weight is 1320 g/mol. The molecule has 434 valence electrons. The Bertz CT molecular complexity index is 4690. The molecule has 10 aromatic carbocycles. The van der Waals surface area contributed by atoms with Gasteiger partial charge >= 0.3 is 0 Å². The number of ether oxygens (including phenoxy) is 2. The number of phenols is 1. The van der Waals surface area contributed by atoms with E-state index < -0.39 is 5.41 Å². The van der Waals surface area contributed by atoms with Gasteiger partial charge in [-0.2, -0.15) is 0 Å². The molecule has 0 unspecified atom stereocenters. The summed E-state index contributed by atoms with van der Waals surface area (Å²) < 4.78 is 19.4. The van der Waals surface area contributed by atoms with Gasteiger partial charge in [-0.3, -0.25) is 9.55 Å². The van der Waals surface area contributed by atoms with E-state index in [1.165, 1.54) is 11.1 Å². The van der Waals surface area contributed by atoms with E-state index in [4.69, 9.17) is 19.4 Å². The van der Waals surface area contributed by atoms with Gasteiger partial charge in [0.15, 0.2) is 0 Å². The molecule has 12 aromatic rings. The number of aromatic hydroxyl groups is 1. The molecule has 14 rings (SSSR count). The number of aromatic nitrogens is 4. The predicted octanol–water partition coefficient (Wildman–Crippen LogP) is 18.1. The summed E-state index contributed by atoms with van der Waals surface area (Å²) in [6.45, 7) is 26.5. The fourth-order valence-electron chi connectivity index (χ4n) is 12.8. The number of imidazole rings is 2. The third-order valence-electron chi connectivity index (χ3n) is 17.5. The van der Waals surface area contributed by atoms with E-state index in [2.05, 4.69) is 286 Å². The quantitative estimate of drug-likeness (QED) is 0.127. The Kier molecular flexibility index (Phi) is 13.9. The molecule has 9 heteroatoms. The molecule has 2 aromatic heterocycles. The molecule has 2 aliphatic heterocycles. The zero-order valence-electron chi connectivity index (χ0n) is 51.5. The number of benzene rings is 10. The molecular weight excluding hydrogens is 1250 g/mol. The van der Waals surface area contributed by atoms with Crippen LogP contribution in [0.15, 0.2) is 200 Å². The van der Waals surface area contributed by atoms with Gasteiger partial charge in [-0.1, -0.05) is 239 Å². The minimum absolute atomic E-state index is 0. The Labute approximate surface area is 526 Å². The summed E-state index contributed by atoms with van der Waals surface area (Å²) in [4.78, 5) is 11.6. The maximum atomic E-state index is 13.0. The van der Waals surface area contributed by atoms with Gasteiger partial charge in [0.05, 0.1) is 50.6 Å². The van der Waals surface area contributed by atoms with E-state index in [1.807, 2.05) is 12.1 Å². The van der Waals surface area contributed by atoms with Crippen LogP contribution in [0, 0.1) is 6.07 Å². The van der Waals surface area contributed by atoms with Crippen LogP contribution in [0.5, 0.6) is 28.7 Å². The first-order chi connectivity index (χ1) is 41.1. The minimum atomic E-state index is -0.402. The Morgan fingerprint density at radius 1 is 0.425 bits per heavy atom. The number of hydrogen-bond donors (Lipinski definition) is 1. The van der Waals surface area contributed by atoms with Gasteiger partial charge in [-0.15, -0.1) is 6.07 Å². The first kappa shape index (κ1) is 57.4. The van der Waals surface area contributed by atoms with Crippen LogP contribution in [0.1, 0.15) is 105 Å². The van der Waals surface area contributed by atoms with Crippen LogP contribution in [0.3, 0.4) is 0 Å². The van der Waals surface area contributed by atoms with Gasteiger partial charge in [0.25, 0.3) is 0 Å². The van der Waals surface area contributed by atoms with Crippen molar-refractivity contribution in [3.63, 3.8) is 0 Å². The molecule has 87 heavy (non-hydrogen) atoms. The summed E-state index contributed by atoms with van der Waals surface area (Å²) in [5.41, 5.74) is 18.8. The van der Waals surface area contributed by atoms with Crippen molar-refractivity contribution >= 4 is 45.2 Å². The van der Waals surface area contributed by atoms with Crippen LogP contribution in [0.25, 0.3) is 89.6 Å². The molecule has 0 spiro atoms. The van der Waals surface area contributed by atoms with Crippen molar-refractivity contribution in [3.05, 3.63) is 229 Å². The van der Waals surface area contributed by atoms with Crippen LogP contribution in [-0.4, -0.2) is 30.9 Å². The van der Waals surface area contributed by atoms with Crippen LogP contribution in [-0.2, 0) is 42.7 Å². The van der Waals surface area contributed by atoms with Crippen molar-refractivity contribution < 1.29 is 35.6 Å². The Balaban J connectivity index is 0.00000700. The van der Waals surface area contributed by atoms with Crippen molar-refractivity contribution in [3.8, 4) is 96.3 Å². The second-order valence-corrected chi connectivity index (χ2v) is 27.5. The maximum absolute atomic E-state index is 13.0. The molecule has 0 saturated heterocycles.